The number of amides is 1. The normalized spacial score (nSPS) is 13.5. The summed E-state index contributed by atoms with van der Waals surface area (Å²) in [6.07, 6.45) is -0.919. The van der Waals surface area contributed by atoms with Gasteiger partial charge in [-0.15, -0.1) is 0 Å². The number of hydrogen-bond acceptors (Lipinski definition) is 8. The molecule has 0 spiro atoms. The highest BCUT2D eigenvalue weighted by Crippen LogP contribution is 2.25. The number of furan rings is 1. The molecule has 0 unspecified atom stereocenters. The van der Waals surface area contributed by atoms with Gasteiger partial charge in [-0.1, -0.05) is 49.3 Å². The van der Waals surface area contributed by atoms with Crippen LogP contribution in [0.4, 0.5) is 4.79 Å². The van der Waals surface area contributed by atoms with E-state index in [0.29, 0.717) is 11.3 Å². The molecule has 1 amide bonds. The SMILES string of the molecule is CC(C)CN(C[C@H](O)[C@H](Cc1ccccc1)NC(=O)O)S(=O)(=O)c1ccc(-c2noc(-c3ccco3)n2)cc1. The van der Waals surface area contributed by atoms with Crippen molar-refractivity contribution < 1.29 is 32.4 Å². The molecule has 0 fully saturated rings. The summed E-state index contributed by atoms with van der Waals surface area (Å²) in [5, 5.41) is 26.6. The molecule has 0 bridgehead atoms. The Hall–Kier alpha value is -4.00. The molecule has 39 heavy (non-hydrogen) atoms. The lowest BCUT2D eigenvalue weighted by Crippen LogP contribution is -2.50. The number of sulfonamides is 1. The smallest absolute Gasteiger partial charge is 0.404 e. The molecule has 0 aliphatic rings. The van der Waals surface area contributed by atoms with Crippen LogP contribution in [0.2, 0.25) is 0 Å². The first-order valence-corrected chi connectivity index (χ1v) is 13.8. The van der Waals surface area contributed by atoms with Crippen LogP contribution in [0.3, 0.4) is 0 Å². The first-order valence-electron chi connectivity index (χ1n) is 12.3. The number of nitrogens with one attached hydrogen (secondary N) is 1. The van der Waals surface area contributed by atoms with Crippen LogP contribution in [0, 0.1) is 5.92 Å². The van der Waals surface area contributed by atoms with E-state index in [1.807, 2.05) is 44.2 Å². The molecule has 2 heterocycles. The maximum Gasteiger partial charge on any atom is 0.404 e. The lowest BCUT2D eigenvalue weighted by Gasteiger charge is -2.30. The zero-order valence-electron chi connectivity index (χ0n) is 21.5. The Morgan fingerprint density at radius 3 is 2.36 bits per heavy atom. The fourth-order valence-corrected chi connectivity index (χ4v) is 5.71. The lowest BCUT2D eigenvalue weighted by molar-refractivity contribution is 0.0980. The van der Waals surface area contributed by atoms with Crippen molar-refractivity contribution in [3.63, 3.8) is 0 Å². The summed E-state index contributed by atoms with van der Waals surface area (Å²) < 4.78 is 38.9. The molecule has 2 aromatic heterocycles. The quantitative estimate of drug-likeness (QED) is 0.236. The summed E-state index contributed by atoms with van der Waals surface area (Å²) in [6, 6.07) is 17.5. The van der Waals surface area contributed by atoms with Gasteiger partial charge >= 0.3 is 6.09 Å². The van der Waals surface area contributed by atoms with Crippen LogP contribution in [-0.4, -0.2) is 64.4 Å². The van der Waals surface area contributed by atoms with Crippen LogP contribution >= 0.6 is 0 Å². The zero-order valence-corrected chi connectivity index (χ0v) is 22.3. The first kappa shape index (κ1) is 28.0. The van der Waals surface area contributed by atoms with Crippen LogP contribution in [-0.2, 0) is 16.4 Å². The van der Waals surface area contributed by atoms with Crippen molar-refractivity contribution in [3.8, 4) is 23.0 Å². The van der Waals surface area contributed by atoms with Crippen LogP contribution < -0.4 is 5.32 Å². The van der Waals surface area contributed by atoms with Crippen molar-refractivity contribution in [1.29, 1.82) is 0 Å². The molecule has 11 nitrogen and oxygen atoms in total. The molecule has 0 saturated carbocycles. The topological polar surface area (TPSA) is 159 Å². The predicted molar refractivity (Wildman–Crippen MR) is 142 cm³/mol. The second kappa shape index (κ2) is 12.2. The second-order valence-electron chi connectivity index (χ2n) is 9.45. The van der Waals surface area contributed by atoms with E-state index in [4.69, 9.17) is 8.94 Å². The maximum atomic E-state index is 13.6. The highest BCUT2D eigenvalue weighted by molar-refractivity contribution is 7.89. The number of hydrogen-bond donors (Lipinski definition) is 3. The van der Waals surface area contributed by atoms with Gasteiger partial charge in [-0.2, -0.15) is 9.29 Å². The van der Waals surface area contributed by atoms with Gasteiger partial charge in [0.05, 0.1) is 23.3 Å². The standard InChI is InChI=1S/C27H30N4O7S/c1-18(2)16-31(17-23(32)22(28-27(33)34)15-19-7-4-3-5-8-19)39(35,36)21-12-10-20(11-13-21)25-29-26(38-30-25)24-9-6-14-37-24/h3-14,18,22-23,28,32H,15-17H2,1-2H3,(H,33,34)/t22-,23-/m0/s1. The van der Waals surface area contributed by atoms with Crippen LogP contribution in [0.1, 0.15) is 19.4 Å². The molecule has 0 radical (unpaired) electrons. The highest BCUT2D eigenvalue weighted by atomic mass is 32.2. The molecule has 2 aromatic carbocycles. The van der Waals surface area contributed by atoms with Gasteiger partial charge in [-0.25, -0.2) is 13.2 Å². The number of carboxylic acid groups (broad SMARTS) is 1. The van der Waals surface area contributed by atoms with Gasteiger partial charge in [-0.3, -0.25) is 0 Å². The molecule has 12 heteroatoms. The summed E-state index contributed by atoms with van der Waals surface area (Å²) in [6.45, 7) is 3.56. The number of nitrogens with zero attached hydrogens (tertiary/aromatic N) is 3. The maximum absolute atomic E-state index is 13.6. The monoisotopic (exact) mass is 554 g/mol. The molecule has 206 valence electrons. The van der Waals surface area contributed by atoms with Crippen molar-refractivity contribution in [1.82, 2.24) is 19.8 Å². The second-order valence-corrected chi connectivity index (χ2v) is 11.4. The minimum atomic E-state index is -4.04. The largest absolute Gasteiger partial charge is 0.465 e. The summed E-state index contributed by atoms with van der Waals surface area (Å²) in [7, 11) is -4.04. The Labute approximate surface area is 226 Å². The van der Waals surface area contributed by atoms with Gasteiger partial charge in [0.1, 0.15) is 0 Å². The van der Waals surface area contributed by atoms with Crippen LogP contribution in [0.15, 0.2) is 86.8 Å². The van der Waals surface area contributed by atoms with Crippen molar-refractivity contribution in [2.45, 2.75) is 37.3 Å². The summed E-state index contributed by atoms with van der Waals surface area (Å²) in [4.78, 5) is 15.7. The average molecular weight is 555 g/mol. The number of benzene rings is 2. The van der Waals surface area contributed by atoms with Gasteiger partial charge in [0.15, 0.2) is 5.76 Å². The Bertz CT molecular complexity index is 1450. The van der Waals surface area contributed by atoms with Crippen LogP contribution in [0.25, 0.3) is 23.0 Å². The Morgan fingerprint density at radius 1 is 1.03 bits per heavy atom. The molecule has 0 aliphatic heterocycles. The summed E-state index contributed by atoms with van der Waals surface area (Å²) >= 11 is 0. The molecule has 0 aliphatic carbocycles. The average Bonchev–Trinajstić information content (AvgIpc) is 3.61. The summed E-state index contributed by atoms with van der Waals surface area (Å²) in [5.41, 5.74) is 1.35. The van der Waals surface area contributed by atoms with Crippen molar-refractivity contribution in [3.05, 3.63) is 78.6 Å². The Morgan fingerprint density at radius 2 is 1.74 bits per heavy atom. The third-order valence-corrected chi connectivity index (χ3v) is 7.79. The molecular weight excluding hydrogens is 524 g/mol. The van der Waals surface area contributed by atoms with E-state index in [9.17, 15) is 23.4 Å². The van der Waals surface area contributed by atoms with E-state index in [2.05, 4.69) is 15.5 Å². The number of aliphatic hydroxyl groups excluding tert-OH is 1. The van der Waals surface area contributed by atoms with E-state index in [1.165, 1.54) is 22.7 Å². The molecule has 3 N–H and O–H groups in total. The number of aromatic nitrogens is 2. The number of aliphatic hydroxyl groups is 1. The van der Waals surface area contributed by atoms with Gasteiger partial charge < -0.3 is 24.5 Å². The Balaban J connectivity index is 1.54. The minimum absolute atomic E-state index is 0.0136. The van der Waals surface area contributed by atoms with Crippen molar-refractivity contribution in [2.75, 3.05) is 13.1 Å². The number of rotatable bonds is 12. The summed E-state index contributed by atoms with van der Waals surface area (Å²) in [5.74, 6) is 0.830. The molecule has 4 aromatic rings. The molecule has 4 rings (SSSR count). The minimum Gasteiger partial charge on any atom is -0.465 e. The fourth-order valence-electron chi connectivity index (χ4n) is 4.09. The van der Waals surface area contributed by atoms with Gasteiger partial charge in [-0.05, 0) is 54.3 Å². The molecule has 2 atom stereocenters. The van der Waals surface area contributed by atoms with E-state index in [1.54, 1.807) is 24.3 Å². The van der Waals surface area contributed by atoms with Crippen molar-refractivity contribution >= 4 is 16.1 Å². The highest BCUT2D eigenvalue weighted by Gasteiger charge is 2.31. The lowest BCUT2D eigenvalue weighted by atomic mass is 10.0. The third kappa shape index (κ3) is 7.11. The van der Waals surface area contributed by atoms with E-state index < -0.39 is 28.3 Å². The van der Waals surface area contributed by atoms with E-state index in [-0.39, 0.29) is 42.0 Å². The first-order chi connectivity index (χ1) is 18.6. The fraction of sp³-hybridized carbons (Fsp3) is 0.296. The van der Waals surface area contributed by atoms with Crippen molar-refractivity contribution in [2.24, 2.45) is 5.92 Å². The van der Waals surface area contributed by atoms with Gasteiger partial charge in [0.2, 0.25) is 15.8 Å². The van der Waals surface area contributed by atoms with Crippen LogP contribution in [0.5, 0.6) is 0 Å². The van der Waals surface area contributed by atoms with E-state index in [0.717, 1.165) is 5.56 Å². The van der Waals surface area contributed by atoms with Gasteiger partial charge in [0, 0.05) is 18.7 Å². The zero-order chi connectivity index (χ0) is 28.0. The van der Waals surface area contributed by atoms with Gasteiger partial charge in [0.25, 0.3) is 5.89 Å². The number of carbonyl (C=O) groups is 1. The van der Waals surface area contributed by atoms with E-state index >= 15 is 0 Å². The Kier molecular flexibility index (Phi) is 8.79. The molecule has 0 saturated heterocycles. The third-order valence-electron chi connectivity index (χ3n) is 5.94. The molecular formula is C27H30N4O7S. The predicted octanol–water partition coefficient (Wildman–Crippen LogP) is 3.88.